The van der Waals surface area contributed by atoms with E-state index in [0.717, 1.165) is 17.7 Å². The van der Waals surface area contributed by atoms with Crippen LogP contribution in [0.4, 0.5) is 20.6 Å². The fourth-order valence-electron chi connectivity index (χ4n) is 2.30. The summed E-state index contributed by atoms with van der Waals surface area (Å²) in [6.07, 6.45) is 0.495. The van der Waals surface area contributed by atoms with Crippen LogP contribution in [0.25, 0.3) is 5.69 Å². The summed E-state index contributed by atoms with van der Waals surface area (Å²) in [6, 6.07) is 5.55. The molecular weight excluding hydrogens is 355 g/mol. The number of nitriles is 1. The topological polar surface area (TPSA) is 119 Å². The van der Waals surface area contributed by atoms with E-state index in [9.17, 15) is 14.0 Å². The van der Waals surface area contributed by atoms with Crippen molar-refractivity contribution >= 4 is 23.4 Å². The minimum absolute atomic E-state index is 0.0136. The summed E-state index contributed by atoms with van der Waals surface area (Å²) in [7, 11) is 1.14. The summed E-state index contributed by atoms with van der Waals surface area (Å²) < 4.78 is 25.3. The van der Waals surface area contributed by atoms with Crippen LogP contribution in [0, 0.1) is 17.1 Å². The van der Waals surface area contributed by atoms with Gasteiger partial charge in [0.25, 0.3) is 0 Å². The summed E-state index contributed by atoms with van der Waals surface area (Å²) in [6.45, 7) is 5.12. The fraction of sp³-hybridized carbons (Fsp3) is 0.278. The minimum Gasteiger partial charge on any atom is -0.464 e. The minimum atomic E-state index is -0.834. The van der Waals surface area contributed by atoms with E-state index in [0.29, 0.717) is 0 Å². The quantitative estimate of drug-likeness (QED) is 0.796. The molecule has 1 aromatic carbocycles. The molecule has 0 bridgehead atoms. The Morgan fingerprint density at radius 1 is 1.33 bits per heavy atom. The number of halogens is 1. The van der Waals surface area contributed by atoms with E-state index in [-0.39, 0.29) is 28.3 Å². The number of nitrogen functional groups attached to an aromatic ring is 1. The SMILES string of the molecule is COC(=O)c1c(N)c(C#N)cn1-c1cc(NC(=O)OC(C)(C)C)ccc1F. The Bertz CT molecular complexity index is 938. The maximum Gasteiger partial charge on any atom is 0.412 e. The molecule has 0 aliphatic heterocycles. The highest BCUT2D eigenvalue weighted by molar-refractivity contribution is 5.96. The monoisotopic (exact) mass is 374 g/mol. The molecule has 0 spiro atoms. The number of amides is 1. The predicted octanol–water partition coefficient (Wildman–Crippen LogP) is 3.20. The van der Waals surface area contributed by atoms with Gasteiger partial charge in [-0.3, -0.25) is 5.32 Å². The maximum absolute atomic E-state index is 14.4. The van der Waals surface area contributed by atoms with Crippen LogP contribution in [0.5, 0.6) is 0 Å². The lowest BCUT2D eigenvalue weighted by Gasteiger charge is -2.20. The van der Waals surface area contributed by atoms with Crippen LogP contribution in [0.1, 0.15) is 36.8 Å². The number of benzene rings is 1. The van der Waals surface area contributed by atoms with Gasteiger partial charge in [-0.15, -0.1) is 0 Å². The first-order valence-corrected chi connectivity index (χ1v) is 7.86. The van der Waals surface area contributed by atoms with Gasteiger partial charge in [-0.2, -0.15) is 5.26 Å². The molecule has 0 radical (unpaired) electrons. The van der Waals surface area contributed by atoms with Crippen LogP contribution in [0.15, 0.2) is 24.4 Å². The molecule has 1 amide bonds. The van der Waals surface area contributed by atoms with E-state index in [1.165, 1.54) is 18.3 Å². The van der Waals surface area contributed by atoms with Crippen LogP contribution in [-0.2, 0) is 9.47 Å². The number of rotatable bonds is 3. The lowest BCUT2D eigenvalue weighted by Crippen LogP contribution is -2.27. The molecule has 0 saturated carbocycles. The average molecular weight is 374 g/mol. The number of anilines is 2. The Balaban J connectivity index is 2.50. The van der Waals surface area contributed by atoms with Gasteiger partial charge in [0.15, 0.2) is 5.69 Å². The largest absolute Gasteiger partial charge is 0.464 e. The third kappa shape index (κ3) is 4.36. The maximum atomic E-state index is 14.4. The van der Waals surface area contributed by atoms with Gasteiger partial charge in [-0.05, 0) is 39.0 Å². The van der Waals surface area contributed by atoms with E-state index in [1.54, 1.807) is 20.8 Å². The van der Waals surface area contributed by atoms with Crippen molar-refractivity contribution in [1.29, 1.82) is 5.26 Å². The van der Waals surface area contributed by atoms with Gasteiger partial charge in [-0.1, -0.05) is 0 Å². The third-order valence-corrected chi connectivity index (χ3v) is 3.39. The molecule has 8 nitrogen and oxygen atoms in total. The molecule has 0 saturated heterocycles. The van der Waals surface area contributed by atoms with E-state index < -0.39 is 23.5 Å². The van der Waals surface area contributed by atoms with Crippen molar-refractivity contribution < 1.29 is 23.5 Å². The number of nitrogens with zero attached hydrogens (tertiary/aromatic N) is 2. The van der Waals surface area contributed by atoms with Crippen molar-refractivity contribution in [3.8, 4) is 11.8 Å². The van der Waals surface area contributed by atoms with Crippen molar-refractivity contribution in [2.45, 2.75) is 26.4 Å². The number of methoxy groups -OCH3 is 1. The molecule has 1 aromatic heterocycles. The number of carbonyl (C=O) groups excluding carboxylic acids is 2. The summed E-state index contributed by atoms with van der Waals surface area (Å²) >= 11 is 0. The highest BCUT2D eigenvalue weighted by Gasteiger charge is 2.24. The van der Waals surface area contributed by atoms with Crippen LogP contribution in [0.2, 0.25) is 0 Å². The van der Waals surface area contributed by atoms with E-state index >= 15 is 0 Å². The Kier molecular flexibility index (Phi) is 5.40. The van der Waals surface area contributed by atoms with Gasteiger partial charge in [0.1, 0.15) is 17.5 Å². The number of hydrogen-bond donors (Lipinski definition) is 2. The van der Waals surface area contributed by atoms with Gasteiger partial charge >= 0.3 is 12.1 Å². The first-order valence-electron chi connectivity index (χ1n) is 7.86. The first kappa shape index (κ1) is 19.8. The summed E-state index contributed by atoms with van der Waals surface area (Å²) in [5.74, 6) is -1.53. The van der Waals surface area contributed by atoms with E-state index in [1.807, 2.05) is 6.07 Å². The van der Waals surface area contributed by atoms with Crippen molar-refractivity contribution in [2.24, 2.45) is 0 Å². The predicted molar refractivity (Wildman–Crippen MR) is 96.1 cm³/mol. The molecule has 3 N–H and O–H groups in total. The molecule has 0 aliphatic rings. The molecule has 0 atom stereocenters. The fourth-order valence-corrected chi connectivity index (χ4v) is 2.30. The first-order chi connectivity index (χ1) is 12.6. The van der Waals surface area contributed by atoms with Gasteiger partial charge in [0.05, 0.1) is 24.0 Å². The number of carbonyl (C=O) groups is 2. The molecule has 27 heavy (non-hydrogen) atoms. The lowest BCUT2D eigenvalue weighted by atomic mass is 10.2. The van der Waals surface area contributed by atoms with Crippen LogP contribution in [0.3, 0.4) is 0 Å². The van der Waals surface area contributed by atoms with E-state index in [4.69, 9.17) is 15.7 Å². The molecule has 9 heteroatoms. The lowest BCUT2D eigenvalue weighted by molar-refractivity contribution is 0.0590. The molecule has 0 aliphatic carbocycles. The molecule has 142 valence electrons. The van der Waals surface area contributed by atoms with Gasteiger partial charge in [0.2, 0.25) is 0 Å². The van der Waals surface area contributed by atoms with Crippen molar-refractivity contribution in [3.05, 3.63) is 41.5 Å². The Hall–Kier alpha value is -3.54. The van der Waals surface area contributed by atoms with Crippen molar-refractivity contribution in [3.63, 3.8) is 0 Å². The highest BCUT2D eigenvalue weighted by atomic mass is 19.1. The second-order valence-electron chi connectivity index (χ2n) is 6.57. The summed E-state index contributed by atoms with van der Waals surface area (Å²) in [5, 5.41) is 11.6. The third-order valence-electron chi connectivity index (χ3n) is 3.39. The van der Waals surface area contributed by atoms with Gasteiger partial charge < -0.3 is 19.8 Å². The molecule has 2 rings (SSSR count). The average Bonchev–Trinajstić information content (AvgIpc) is 2.90. The zero-order chi connectivity index (χ0) is 20.4. The van der Waals surface area contributed by atoms with E-state index in [2.05, 4.69) is 10.1 Å². The zero-order valence-corrected chi connectivity index (χ0v) is 15.3. The highest BCUT2D eigenvalue weighted by Crippen LogP contribution is 2.28. The van der Waals surface area contributed by atoms with Crippen LogP contribution < -0.4 is 11.1 Å². The second kappa shape index (κ2) is 7.37. The molecular formula is C18H19FN4O4. The van der Waals surface area contributed by atoms with Crippen LogP contribution in [-0.4, -0.2) is 29.3 Å². The molecule has 0 unspecified atom stereocenters. The summed E-state index contributed by atoms with van der Waals surface area (Å²) in [4.78, 5) is 24.0. The van der Waals surface area contributed by atoms with Crippen molar-refractivity contribution in [2.75, 3.05) is 18.2 Å². The molecule has 0 fully saturated rings. The number of ether oxygens (including phenoxy) is 2. The standard InChI is InChI=1S/C18H19FN4O4/c1-18(2,3)27-17(25)22-11-5-6-12(19)13(7-11)23-9-10(8-20)14(21)15(23)16(24)26-4/h5-7,9H,21H2,1-4H3,(H,22,25). The van der Waals surface area contributed by atoms with Crippen molar-refractivity contribution in [1.82, 2.24) is 4.57 Å². The number of esters is 1. The Morgan fingerprint density at radius 2 is 2.00 bits per heavy atom. The molecule has 1 heterocycles. The smallest absolute Gasteiger partial charge is 0.412 e. The number of aromatic nitrogens is 1. The normalized spacial score (nSPS) is 10.8. The van der Waals surface area contributed by atoms with Gasteiger partial charge in [-0.25, -0.2) is 14.0 Å². The second-order valence-corrected chi connectivity index (χ2v) is 6.57. The Morgan fingerprint density at radius 3 is 2.56 bits per heavy atom. The van der Waals surface area contributed by atoms with Crippen LogP contribution >= 0.6 is 0 Å². The zero-order valence-electron chi connectivity index (χ0n) is 15.3. The molecule has 2 aromatic rings. The van der Waals surface area contributed by atoms with Gasteiger partial charge in [0, 0.05) is 11.9 Å². The Labute approximate surface area is 155 Å². The number of nitrogens with one attached hydrogen (secondary N) is 1. The summed E-state index contributed by atoms with van der Waals surface area (Å²) in [5.41, 5.74) is 4.89. The number of nitrogens with two attached hydrogens (primary N) is 1. The number of hydrogen-bond acceptors (Lipinski definition) is 6.